The maximum Gasteiger partial charge on any atom is 0.274 e. The molecule has 0 radical (unpaired) electrons. The third-order valence-corrected chi connectivity index (χ3v) is 3.47. The topological polar surface area (TPSA) is 107 Å². The number of imidazole rings is 1. The van der Waals surface area contributed by atoms with Gasteiger partial charge in [0.15, 0.2) is 0 Å². The summed E-state index contributed by atoms with van der Waals surface area (Å²) < 4.78 is 37.4. The highest BCUT2D eigenvalue weighted by Crippen LogP contribution is 2.19. The quantitative estimate of drug-likeness (QED) is 0.858. The van der Waals surface area contributed by atoms with Crippen molar-refractivity contribution in [2.24, 2.45) is 12.2 Å². The Morgan fingerprint density at radius 1 is 1.45 bits per heavy atom. The summed E-state index contributed by atoms with van der Waals surface area (Å²) in [7, 11) is -2.38. The third kappa shape index (κ3) is 2.83. The van der Waals surface area contributed by atoms with Crippen molar-refractivity contribution in [1.82, 2.24) is 9.55 Å². The van der Waals surface area contributed by atoms with Gasteiger partial charge < -0.3 is 9.88 Å². The van der Waals surface area contributed by atoms with Crippen molar-refractivity contribution in [1.29, 1.82) is 0 Å². The second kappa shape index (κ2) is 5.02. The molecule has 0 aliphatic rings. The summed E-state index contributed by atoms with van der Waals surface area (Å²) in [4.78, 5) is 15.4. The second-order valence-corrected chi connectivity index (χ2v) is 5.59. The Kier molecular flexibility index (Phi) is 3.55. The van der Waals surface area contributed by atoms with Gasteiger partial charge >= 0.3 is 0 Å². The van der Waals surface area contributed by atoms with Crippen LogP contribution in [0.15, 0.2) is 35.6 Å². The molecule has 9 heteroatoms. The number of carbonyl (C=O) groups excluding carboxylic acids is 1. The molecule has 0 fully saturated rings. The summed E-state index contributed by atoms with van der Waals surface area (Å²) in [6.07, 6.45) is 2.71. The highest BCUT2D eigenvalue weighted by atomic mass is 32.2. The number of carbonyl (C=O) groups is 1. The van der Waals surface area contributed by atoms with Gasteiger partial charge in [0, 0.05) is 7.05 Å². The van der Waals surface area contributed by atoms with Crippen LogP contribution in [-0.2, 0) is 17.1 Å². The first-order valence-electron chi connectivity index (χ1n) is 5.39. The highest BCUT2D eigenvalue weighted by molar-refractivity contribution is 7.89. The van der Waals surface area contributed by atoms with E-state index in [9.17, 15) is 17.6 Å². The fourth-order valence-electron chi connectivity index (χ4n) is 1.54. The summed E-state index contributed by atoms with van der Waals surface area (Å²) in [5.74, 6) is -1.39. The molecule has 1 aromatic heterocycles. The number of amides is 1. The van der Waals surface area contributed by atoms with Gasteiger partial charge in [-0.25, -0.2) is 22.9 Å². The molecule has 0 atom stereocenters. The lowest BCUT2D eigenvalue weighted by atomic mass is 10.3. The Morgan fingerprint density at radius 3 is 2.70 bits per heavy atom. The summed E-state index contributed by atoms with van der Waals surface area (Å²) in [6.45, 7) is 0. The molecule has 7 nitrogen and oxygen atoms in total. The van der Waals surface area contributed by atoms with Crippen LogP contribution in [0.2, 0.25) is 0 Å². The number of nitrogens with two attached hydrogens (primary N) is 1. The van der Waals surface area contributed by atoms with Crippen LogP contribution >= 0.6 is 0 Å². The molecule has 1 aromatic carbocycles. The number of primary sulfonamides is 1. The van der Waals surface area contributed by atoms with Gasteiger partial charge in [-0.15, -0.1) is 0 Å². The van der Waals surface area contributed by atoms with Crippen LogP contribution < -0.4 is 10.5 Å². The zero-order valence-corrected chi connectivity index (χ0v) is 11.2. The molecule has 1 heterocycles. The molecule has 0 unspecified atom stereocenters. The predicted octanol–water partition coefficient (Wildman–Crippen LogP) is 0.459. The molecular weight excluding hydrogens is 287 g/mol. The van der Waals surface area contributed by atoms with Crippen molar-refractivity contribution >= 4 is 21.6 Å². The molecule has 3 N–H and O–H groups in total. The van der Waals surface area contributed by atoms with E-state index in [1.54, 1.807) is 7.05 Å². The average molecular weight is 298 g/mol. The summed E-state index contributed by atoms with van der Waals surface area (Å²) >= 11 is 0. The van der Waals surface area contributed by atoms with Crippen LogP contribution in [0, 0.1) is 5.82 Å². The number of benzene rings is 1. The second-order valence-electron chi connectivity index (χ2n) is 4.03. The van der Waals surface area contributed by atoms with Crippen molar-refractivity contribution in [3.8, 4) is 0 Å². The highest BCUT2D eigenvalue weighted by Gasteiger charge is 2.15. The van der Waals surface area contributed by atoms with Crippen molar-refractivity contribution in [2.75, 3.05) is 5.32 Å². The van der Waals surface area contributed by atoms with Gasteiger partial charge in [-0.1, -0.05) is 0 Å². The number of hydrogen-bond donors (Lipinski definition) is 2. The first-order valence-corrected chi connectivity index (χ1v) is 6.93. The van der Waals surface area contributed by atoms with Crippen LogP contribution in [-0.4, -0.2) is 23.9 Å². The zero-order valence-electron chi connectivity index (χ0n) is 10.4. The van der Waals surface area contributed by atoms with Crippen molar-refractivity contribution in [3.05, 3.63) is 42.2 Å². The largest absolute Gasteiger partial charge is 0.330 e. The summed E-state index contributed by atoms with van der Waals surface area (Å²) in [5, 5.41) is 7.22. The van der Waals surface area contributed by atoms with E-state index in [4.69, 9.17) is 5.14 Å². The summed E-state index contributed by atoms with van der Waals surface area (Å²) in [5.41, 5.74) is -0.0758. The van der Waals surface area contributed by atoms with Crippen molar-refractivity contribution in [2.45, 2.75) is 4.90 Å². The molecule has 20 heavy (non-hydrogen) atoms. The van der Waals surface area contributed by atoms with E-state index in [0.717, 1.165) is 18.2 Å². The number of hydrogen-bond acceptors (Lipinski definition) is 4. The number of anilines is 1. The van der Waals surface area contributed by atoms with Gasteiger partial charge in [-0.2, -0.15) is 0 Å². The molecular formula is C11H11FN4O3S. The van der Waals surface area contributed by atoms with E-state index < -0.39 is 21.7 Å². The number of sulfonamides is 1. The Morgan fingerprint density at radius 2 is 2.15 bits per heavy atom. The lowest BCUT2D eigenvalue weighted by Gasteiger charge is -2.08. The van der Waals surface area contributed by atoms with E-state index in [0.29, 0.717) is 0 Å². The number of halogens is 1. The lowest BCUT2D eigenvalue weighted by Crippen LogP contribution is -2.17. The van der Waals surface area contributed by atoms with Gasteiger partial charge in [-0.3, -0.25) is 4.79 Å². The van der Waals surface area contributed by atoms with E-state index in [-0.39, 0.29) is 16.3 Å². The Labute approximate surface area is 114 Å². The maximum atomic E-state index is 13.6. The minimum absolute atomic E-state index is 0.199. The van der Waals surface area contributed by atoms with E-state index >= 15 is 0 Å². The van der Waals surface area contributed by atoms with E-state index in [1.165, 1.54) is 17.1 Å². The zero-order chi connectivity index (χ0) is 14.9. The van der Waals surface area contributed by atoms with Gasteiger partial charge in [0.05, 0.1) is 23.1 Å². The molecule has 0 saturated heterocycles. The molecule has 0 aliphatic heterocycles. The minimum Gasteiger partial charge on any atom is -0.330 e. The standard InChI is InChI=1S/C11H11FN4O3S/c1-16-6-14-5-10(16)11(17)15-9-4-7(20(13,18)19)2-3-8(9)12/h2-6H,1H3,(H,15,17)(H2,13,18,19). The van der Waals surface area contributed by atoms with Crippen LogP contribution in [0.3, 0.4) is 0 Å². The predicted molar refractivity (Wildman–Crippen MR) is 68.9 cm³/mol. The molecule has 106 valence electrons. The lowest BCUT2D eigenvalue weighted by molar-refractivity contribution is 0.101. The molecule has 0 bridgehead atoms. The molecule has 1 amide bonds. The number of aryl methyl sites for hydroxylation is 1. The molecule has 0 aliphatic carbocycles. The van der Waals surface area contributed by atoms with Gasteiger partial charge in [0.1, 0.15) is 11.5 Å². The van der Waals surface area contributed by atoms with E-state index in [1.807, 2.05) is 0 Å². The first kappa shape index (κ1) is 14.2. The van der Waals surface area contributed by atoms with Gasteiger partial charge in [0.2, 0.25) is 10.0 Å². The smallest absolute Gasteiger partial charge is 0.274 e. The number of aromatic nitrogens is 2. The number of rotatable bonds is 3. The SMILES string of the molecule is Cn1cncc1C(=O)Nc1cc(S(N)(=O)=O)ccc1F. The Bertz CT molecular complexity index is 770. The third-order valence-electron chi connectivity index (χ3n) is 2.56. The van der Waals surface area contributed by atoms with Crippen LogP contribution in [0.4, 0.5) is 10.1 Å². The fourth-order valence-corrected chi connectivity index (χ4v) is 2.08. The van der Waals surface area contributed by atoms with Gasteiger partial charge in [-0.05, 0) is 18.2 Å². The van der Waals surface area contributed by atoms with Crippen LogP contribution in [0.5, 0.6) is 0 Å². The number of nitrogens with one attached hydrogen (secondary N) is 1. The van der Waals surface area contributed by atoms with Crippen molar-refractivity contribution in [3.63, 3.8) is 0 Å². The maximum absolute atomic E-state index is 13.6. The molecule has 2 rings (SSSR count). The van der Waals surface area contributed by atoms with Gasteiger partial charge in [0.25, 0.3) is 5.91 Å². The van der Waals surface area contributed by atoms with Crippen LogP contribution in [0.25, 0.3) is 0 Å². The fraction of sp³-hybridized carbons (Fsp3) is 0.0909. The Hall–Kier alpha value is -2.26. The minimum atomic E-state index is -3.98. The average Bonchev–Trinajstić information content (AvgIpc) is 2.77. The van der Waals surface area contributed by atoms with E-state index in [2.05, 4.69) is 10.3 Å². The Balaban J connectivity index is 2.34. The van der Waals surface area contributed by atoms with Crippen molar-refractivity contribution < 1.29 is 17.6 Å². The molecule has 2 aromatic rings. The van der Waals surface area contributed by atoms with Crippen LogP contribution in [0.1, 0.15) is 10.5 Å². The summed E-state index contributed by atoms with van der Waals surface area (Å²) in [6, 6.07) is 2.89. The first-order chi connectivity index (χ1) is 9.29. The molecule has 0 saturated carbocycles. The normalized spacial score (nSPS) is 11.3. The number of nitrogens with zero attached hydrogens (tertiary/aromatic N) is 2. The molecule has 0 spiro atoms. The monoisotopic (exact) mass is 298 g/mol.